The quantitative estimate of drug-likeness (QED) is 0.483. The van der Waals surface area contributed by atoms with Gasteiger partial charge in [0.1, 0.15) is 5.75 Å². The maximum atomic E-state index is 12.7. The third-order valence-electron chi connectivity index (χ3n) is 5.51. The van der Waals surface area contributed by atoms with E-state index in [1.165, 1.54) is 10.7 Å². The van der Waals surface area contributed by atoms with E-state index in [0.29, 0.717) is 27.5 Å². The van der Waals surface area contributed by atoms with Crippen LogP contribution >= 0.6 is 11.6 Å². The Labute approximate surface area is 191 Å². The number of hydrogen-bond donors (Lipinski definition) is 3. The number of nitrogens with zero attached hydrogens (tertiary/aromatic N) is 2. The standard InChI is InChI=1S/C24H25ClN4O3/c1-14(2)26-24(32)29-21(15-6-5-7-15)13-20(28-29)18-11-10-16(12-22(18)30)27-23(31)17-8-3-4-9-19(17)25/h3-4,8-15,30H,5-7H2,1-2H3,(H,26,32)(H,27,31). The monoisotopic (exact) mass is 452 g/mol. The molecule has 32 heavy (non-hydrogen) atoms. The fourth-order valence-corrected chi connectivity index (χ4v) is 3.88. The minimum Gasteiger partial charge on any atom is -0.507 e. The summed E-state index contributed by atoms with van der Waals surface area (Å²) in [7, 11) is 0. The van der Waals surface area contributed by atoms with Crippen LogP contribution in [0.3, 0.4) is 0 Å². The number of aromatic nitrogens is 2. The number of carbonyl (C=O) groups excluding carboxylic acids is 2. The highest BCUT2D eigenvalue weighted by molar-refractivity contribution is 6.34. The van der Waals surface area contributed by atoms with Crippen LogP contribution in [0, 0.1) is 0 Å². The molecule has 1 saturated carbocycles. The van der Waals surface area contributed by atoms with E-state index < -0.39 is 0 Å². The van der Waals surface area contributed by atoms with Crippen LogP contribution in [-0.4, -0.2) is 32.9 Å². The molecule has 0 bridgehead atoms. The predicted octanol–water partition coefficient (Wildman–Crippen LogP) is 5.40. The molecule has 1 aliphatic rings. The molecule has 2 amide bonds. The molecule has 2 aromatic carbocycles. The Hall–Kier alpha value is -3.32. The van der Waals surface area contributed by atoms with E-state index in [2.05, 4.69) is 15.7 Å². The number of nitrogens with one attached hydrogen (secondary N) is 2. The van der Waals surface area contributed by atoms with Crippen molar-refractivity contribution >= 4 is 29.2 Å². The number of amides is 2. The second-order valence-corrected chi connectivity index (χ2v) is 8.67. The van der Waals surface area contributed by atoms with Crippen molar-refractivity contribution < 1.29 is 14.7 Å². The summed E-state index contributed by atoms with van der Waals surface area (Å²) < 4.78 is 1.41. The molecule has 7 nitrogen and oxygen atoms in total. The molecule has 0 unspecified atom stereocenters. The second-order valence-electron chi connectivity index (χ2n) is 8.26. The Morgan fingerprint density at radius 2 is 1.91 bits per heavy atom. The minimum atomic E-state index is -0.371. The largest absolute Gasteiger partial charge is 0.507 e. The number of carbonyl (C=O) groups is 2. The molecule has 8 heteroatoms. The molecule has 1 aromatic heterocycles. The van der Waals surface area contributed by atoms with Crippen LogP contribution in [0.25, 0.3) is 11.3 Å². The van der Waals surface area contributed by atoms with E-state index >= 15 is 0 Å². The van der Waals surface area contributed by atoms with E-state index in [-0.39, 0.29) is 29.6 Å². The van der Waals surface area contributed by atoms with Gasteiger partial charge in [-0.2, -0.15) is 9.78 Å². The summed E-state index contributed by atoms with van der Waals surface area (Å²) in [5.74, 6) is -0.133. The summed E-state index contributed by atoms with van der Waals surface area (Å²) in [6.07, 6.45) is 3.15. The molecule has 0 aliphatic heterocycles. The molecule has 0 radical (unpaired) electrons. The van der Waals surface area contributed by atoms with Crippen molar-refractivity contribution in [2.75, 3.05) is 5.32 Å². The summed E-state index contributed by atoms with van der Waals surface area (Å²) in [5, 5.41) is 21.1. The number of benzene rings is 2. The van der Waals surface area contributed by atoms with Gasteiger partial charge in [-0.3, -0.25) is 4.79 Å². The third-order valence-corrected chi connectivity index (χ3v) is 5.84. The first-order valence-corrected chi connectivity index (χ1v) is 11.0. The first kappa shape index (κ1) is 21.9. The fourth-order valence-electron chi connectivity index (χ4n) is 3.66. The lowest BCUT2D eigenvalue weighted by Gasteiger charge is -2.25. The molecule has 3 N–H and O–H groups in total. The van der Waals surface area contributed by atoms with Gasteiger partial charge in [-0.25, -0.2) is 4.79 Å². The molecule has 0 spiro atoms. The molecule has 4 rings (SSSR count). The normalized spacial score (nSPS) is 13.6. The molecule has 1 fully saturated rings. The van der Waals surface area contributed by atoms with Gasteiger partial charge in [0.2, 0.25) is 0 Å². The van der Waals surface area contributed by atoms with Crippen LogP contribution in [0.5, 0.6) is 5.75 Å². The van der Waals surface area contributed by atoms with E-state index in [9.17, 15) is 14.7 Å². The number of rotatable bonds is 5. The maximum Gasteiger partial charge on any atom is 0.342 e. The number of phenols is 1. The van der Waals surface area contributed by atoms with Crippen LogP contribution in [0.4, 0.5) is 10.5 Å². The Balaban J connectivity index is 1.60. The lowest BCUT2D eigenvalue weighted by atomic mass is 9.82. The van der Waals surface area contributed by atoms with Crippen LogP contribution in [0.15, 0.2) is 48.5 Å². The lowest BCUT2D eigenvalue weighted by Crippen LogP contribution is -2.36. The van der Waals surface area contributed by atoms with Gasteiger partial charge in [-0.1, -0.05) is 30.2 Å². The first-order chi connectivity index (χ1) is 15.3. The van der Waals surface area contributed by atoms with Gasteiger partial charge in [-0.05, 0) is 57.0 Å². The average Bonchev–Trinajstić information content (AvgIpc) is 3.11. The van der Waals surface area contributed by atoms with Crippen molar-refractivity contribution in [3.05, 3.63) is 64.8 Å². The van der Waals surface area contributed by atoms with Crippen molar-refractivity contribution in [1.82, 2.24) is 15.1 Å². The smallest absolute Gasteiger partial charge is 0.342 e. The van der Waals surface area contributed by atoms with E-state index in [1.807, 2.05) is 19.9 Å². The molecule has 1 heterocycles. The van der Waals surface area contributed by atoms with Crippen LogP contribution < -0.4 is 10.6 Å². The summed E-state index contributed by atoms with van der Waals surface area (Å²) in [4.78, 5) is 25.1. The van der Waals surface area contributed by atoms with Crippen LogP contribution in [-0.2, 0) is 0 Å². The maximum absolute atomic E-state index is 12.7. The summed E-state index contributed by atoms with van der Waals surface area (Å²) in [5.41, 5.74) is 2.61. The summed E-state index contributed by atoms with van der Waals surface area (Å²) >= 11 is 6.08. The molecular weight excluding hydrogens is 428 g/mol. The molecule has 3 aromatic rings. The Morgan fingerprint density at radius 1 is 1.16 bits per heavy atom. The Kier molecular flexibility index (Phi) is 6.19. The van der Waals surface area contributed by atoms with Gasteiger partial charge in [0.05, 0.1) is 22.0 Å². The Morgan fingerprint density at radius 3 is 2.53 bits per heavy atom. The molecular formula is C24H25ClN4O3. The summed E-state index contributed by atoms with van der Waals surface area (Å²) in [6.45, 7) is 3.79. The summed E-state index contributed by atoms with van der Waals surface area (Å²) in [6, 6.07) is 13.1. The van der Waals surface area contributed by atoms with Gasteiger partial charge in [0.15, 0.2) is 0 Å². The average molecular weight is 453 g/mol. The lowest BCUT2D eigenvalue weighted by molar-refractivity contribution is 0.102. The zero-order valence-electron chi connectivity index (χ0n) is 17.9. The van der Waals surface area contributed by atoms with E-state index in [4.69, 9.17) is 11.6 Å². The molecule has 166 valence electrons. The zero-order chi connectivity index (χ0) is 22.8. The van der Waals surface area contributed by atoms with Gasteiger partial charge < -0.3 is 15.7 Å². The minimum absolute atomic E-state index is 0.0150. The fraction of sp³-hybridized carbons (Fsp3) is 0.292. The number of phenolic OH excluding ortho intramolecular Hbond substituents is 1. The van der Waals surface area contributed by atoms with E-state index in [0.717, 1.165) is 25.0 Å². The number of halogens is 1. The van der Waals surface area contributed by atoms with Gasteiger partial charge >= 0.3 is 6.03 Å². The van der Waals surface area contributed by atoms with Gasteiger partial charge in [0.25, 0.3) is 5.91 Å². The van der Waals surface area contributed by atoms with Crippen molar-refractivity contribution in [3.8, 4) is 17.0 Å². The highest BCUT2D eigenvalue weighted by atomic mass is 35.5. The predicted molar refractivity (Wildman–Crippen MR) is 124 cm³/mol. The molecule has 0 saturated heterocycles. The van der Waals surface area contributed by atoms with Crippen molar-refractivity contribution in [1.29, 1.82) is 0 Å². The number of hydrogen-bond acceptors (Lipinski definition) is 4. The van der Waals surface area contributed by atoms with E-state index in [1.54, 1.807) is 36.4 Å². The van der Waals surface area contributed by atoms with Crippen molar-refractivity contribution in [2.24, 2.45) is 0 Å². The zero-order valence-corrected chi connectivity index (χ0v) is 18.7. The van der Waals surface area contributed by atoms with Crippen LogP contribution in [0.1, 0.15) is 55.1 Å². The molecule has 1 aliphatic carbocycles. The third kappa shape index (κ3) is 4.48. The van der Waals surface area contributed by atoms with Crippen molar-refractivity contribution in [3.63, 3.8) is 0 Å². The second kappa shape index (κ2) is 9.04. The highest BCUT2D eigenvalue weighted by Crippen LogP contribution is 2.39. The topological polar surface area (TPSA) is 96.3 Å². The van der Waals surface area contributed by atoms with Gasteiger partial charge in [-0.15, -0.1) is 0 Å². The van der Waals surface area contributed by atoms with Crippen LogP contribution in [0.2, 0.25) is 5.02 Å². The highest BCUT2D eigenvalue weighted by Gasteiger charge is 2.27. The van der Waals surface area contributed by atoms with Gasteiger partial charge in [0, 0.05) is 29.3 Å². The van der Waals surface area contributed by atoms with Crippen molar-refractivity contribution in [2.45, 2.75) is 45.1 Å². The first-order valence-electron chi connectivity index (χ1n) is 10.6. The number of anilines is 1. The Bertz CT molecular complexity index is 1170. The SMILES string of the molecule is CC(C)NC(=O)n1nc(-c2ccc(NC(=O)c3ccccc3Cl)cc2O)cc1C1CCC1. The molecule has 0 atom stereocenters. The number of aromatic hydroxyl groups is 1.